The second kappa shape index (κ2) is 7.46. The third kappa shape index (κ3) is 3.76. The summed E-state index contributed by atoms with van der Waals surface area (Å²) in [7, 11) is 0. The van der Waals surface area contributed by atoms with Crippen molar-refractivity contribution in [3.8, 4) is 5.75 Å². The van der Waals surface area contributed by atoms with Gasteiger partial charge in [-0.3, -0.25) is 4.58 Å². The number of carbonyl (C=O) groups is 1. The van der Waals surface area contributed by atoms with Crippen molar-refractivity contribution in [2.45, 2.75) is 32.1 Å². The molecule has 1 aromatic rings. The van der Waals surface area contributed by atoms with E-state index in [4.69, 9.17) is 4.74 Å². The molecule has 2 aliphatic heterocycles. The third-order valence-corrected chi connectivity index (χ3v) is 3.98. The summed E-state index contributed by atoms with van der Waals surface area (Å²) in [6.07, 6.45) is 5.42. The lowest BCUT2D eigenvalue weighted by molar-refractivity contribution is -0.537. The zero-order valence-electron chi connectivity index (χ0n) is 12.1. The number of benzene rings is 1. The molecule has 2 aliphatic rings. The Bertz CT molecular complexity index is 516. The molecule has 0 spiro atoms. The number of amidine groups is 1. The SMILES string of the molecule is O=C(Oc1ccccc1)N1CCC[N+]2=C1CCCCC2.[Cl-]. The maximum Gasteiger partial charge on any atom is 0.512 e. The highest BCUT2D eigenvalue weighted by atomic mass is 35.5. The molecule has 0 N–H and O–H groups in total. The minimum atomic E-state index is -0.238. The standard InChI is InChI=1S/C16H21N2O2.ClH/c19-16(20-14-8-3-1-4-9-14)18-13-7-12-17-11-6-2-5-10-15(17)18;/h1,3-4,8-9H,2,5-7,10-13H2;1H/q+1;/p-1. The molecule has 0 aromatic heterocycles. The zero-order chi connectivity index (χ0) is 13.8. The Morgan fingerprint density at radius 3 is 2.62 bits per heavy atom. The second-order valence-corrected chi connectivity index (χ2v) is 5.40. The number of para-hydroxylation sites is 1. The lowest BCUT2D eigenvalue weighted by Crippen LogP contribution is -3.00. The monoisotopic (exact) mass is 308 g/mol. The predicted molar refractivity (Wildman–Crippen MR) is 77.3 cm³/mol. The summed E-state index contributed by atoms with van der Waals surface area (Å²) in [5.41, 5.74) is 0. The number of nitrogens with zero attached hydrogens (tertiary/aromatic N) is 2. The van der Waals surface area contributed by atoms with Crippen LogP contribution in [0.5, 0.6) is 5.75 Å². The molecule has 1 aromatic carbocycles. The van der Waals surface area contributed by atoms with Crippen molar-refractivity contribution in [3.05, 3.63) is 30.3 Å². The lowest BCUT2D eigenvalue weighted by Gasteiger charge is -2.23. The molecular formula is C16H21ClN2O2. The van der Waals surface area contributed by atoms with Gasteiger partial charge in [-0.25, -0.2) is 0 Å². The van der Waals surface area contributed by atoms with E-state index >= 15 is 0 Å². The topological polar surface area (TPSA) is 32.5 Å². The molecule has 0 atom stereocenters. The maximum absolute atomic E-state index is 12.4. The van der Waals surface area contributed by atoms with Crippen LogP contribution in [0.2, 0.25) is 0 Å². The van der Waals surface area contributed by atoms with Crippen molar-refractivity contribution >= 4 is 11.9 Å². The van der Waals surface area contributed by atoms with Gasteiger partial charge in [-0.05, 0) is 31.4 Å². The third-order valence-electron chi connectivity index (χ3n) is 3.98. The van der Waals surface area contributed by atoms with Gasteiger partial charge < -0.3 is 17.1 Å². The van der Waals surface area contributed by atoms with Crippen LogP contribution in [0.25, 0.3) is 0 Å². The molecule has 2 heterocycles. The molecule has 114 valence electrons. The number of rotatable bonds is 1. The van der Waals surface area contributed by atoms with Gasteiger partial charge in [0.15, 0.2) is 0 Å². The van der Waals surface area contributed by atoms with E-state index in [-0.39, 0.29) is 18.5 Å². The number of ether oxygens (including phenoxy) is 1. The summed E-state index contributed by atoms with van der Waals surface area (Å²) in [5.74, 6) is 1.78. The number of amides is 1. The van der Waals surface area contributed by atoms with Crippen LogP contribution in [-0.4, -0.2) is 41.0 Å². The van der Waals surface area contributed by atoms with Crippen LogP contribution < -0.4 is 17.1 Å². The summed E-state index contributed by atoms with van der Waals surface area (Å²) < 4.78 is 7.85. The summed E-state index contributed by atoms with van der Waals surface area (Å²) in [5, 5.41) is 0. The van der Waals surface area contributed by atoms with E-state index in [9.17, 15) is 4.79 Å². The lowest BCUT2D eigenvalue weighted by atomic mass is 10.2. The van der Waals surface area contributed by atoms with Crippen molar-refractivity contribution < 1.29 is 26.5 Å². The Balaban J connectivity index is 0.00000161. The van der Waals surface area contributed by atoms with Crippen molar-refractivity contribution in [1.29, 1.82) is 0 Å². The first kappa shape index (κ1) is 15.8. The molecule has 0 saturated carbocycles. The highest BCUT2D eigenvalue weighted by Crippen LogP contribution is 2.17. The quantitative estimate of drug-likeness (QED) is 0.678. The first-order chi connectivity index (χ1) is 9.84. The molecule has 0 aliphatic carbocycles. The Kier molecular flexibility index (Phi) is 5.62. The minimum Gasteiger partial charge on any atom is -1.00 e. The highest BCUT2D eigenvalue weighted by molar-refractivity contribution is 5.93. The first-order valence-corrected chi connectivity index (χ1v) is 7.50. The van der Waals surface area contributed by atoms with Gasteiger partial charge in [0.25, 0.3) is 5.84 Å². The zero-order valence-corrected chi connectivity index (χ0v) is 12.9. The predicted octanol–water partition coefficient (Wildman–Crippen LogP) is -0.120. The number of halogens is 1. The largest absolute Gasteiger partial charge is 1.00 e. The van der Waals surface area contributed by atoms with Gasteiger partial charge in [0, 0.05) is 12.8 Å². The molecule has 0 bridgehead atoms. The summed E-state index contributed by atoms with van der Waals surface area (Å²) in [6, 6.07) is 9.31. The van der Waals surface area contributed by atoms with E-state index in [1.807, 2.05) is 35.2 Å². The molecule has 1 amide bonds. The molecule has 0 fully saturated rings. The van der Waals surface area contributed by atoms with Gasteiger partial charge in [0.1, 0.15) is 12.3 Å². The van der Waals surface area contributed by atoms with Gasteiger partial charge in [-0.15, -0.1) is 0 Å². The van der Waals surface area contributed by atoms with Crippen LogP contribution in [0.3, 0.4) is 0 Å². The summed E-state index contributed by atoms with van der Waals surface area (Å²) in [4.78, 5) is 14.2. The summed E-state index contributed by atoms with van der Waals surface area (Å²) >= 11 is 0. The van der Waals surface area contributed by atoms with Crippen molar-refractivity contribution in [2.24, 2.45) is 0 Å². The average molecular weight is 309 g/mol. The first-order valence-electron chi connectivity index (χ1n) is 7.50. The van der Waals surface area contributed by atoms with Gasteiger partial charge in [0.2, 0.25) is 0 Å². The van der Waals surface area contributed by atoms with E-state index in [1.54, 1.807) is 0 Å². The number of hydrogen-bond donors (Lipinski definition) is 0. The van der Waals surface area contributed by atoms with Gasteiger partial charge in [0.05, 0.1) is 13.1 Å². The fourth-order valence-corrected chi connectivity index (χ4v) is 2.99. The Morgan fingerprint density at radius 2 is 1.81 bits per heavy atom. The fourth-order valence-electron chi connectivity index (χ4n) is 2.99. The smallest absolute Gasteiger partial charge is 0.512 e. The number of carbonyl (C=O) groups excluding carboxylic acids is 1. The molecule has 4 nitrogen and oxygen atoms in total. The van der Waals surface area contributed by atoms with E-state index in [1.165, 1.54) is 19.3 Å². The Labute approximate surface area is 131 Å². The van der Waals surface area contributed by atoms with Crippen LogP contribution in [0.15, 0.2) is 30.3 Å². The van der Waals surface area contributed by atoms with Crippen LogP contribution in [0.1, 0.15) is 32.1 Å². The van der Waals surface area contributed by atoms with E-state index < -0.39 is 0 Å². The second-order valence-electron chi connectivity index (χ2n) is 5.40. The molecule has 5 heteroatoms. The normalized spacial score (nSPS) is 18.4. The Hall–Kier alpha value is -1.55. The van der Waals surface area contributed by atoms with E-state index in [2.05, 4.69) is 4.58 Å². The van der Waals surface area contributed by atoms with Gasteiger partial charge in [-0.1, -0.05) is 18.2 Å². The molecule has 3 rings (SSSR count). The average Bonchev–Trinajstić information content (AvgIpc) is 2.73. The van der Waals surface area contributed by atoms with Gasteiger partial charge in [-0.2, -0.15) is 9.69 Å². The molecule has 21 heavy (non-hydrogen) atoms. The molecule has 0 radical (unpaired) electrons. The van der Waals surface area contributed by atoms with Crippen LogP contribution >= 0.6 is 0 Å². The van der Waals surface area contributed by atoms with E-state index in [0.717, 1.165) is 38.3 Å². The Morgan fingerprint density at radius 1 is 1.05 bits per heavy atom. The van der Waals surface area contributed by atoms with Crippen molar-refractivity contribution in [3.63, 3.8) is 0 Å². The molecule has 0 saturated heterocycles. The fraction of sp³-hybridized carbons (Fsp3) is 0.500. The molecular weight excluding hydrogens is 288 g/mol. The number of hydrogen-bond acceptors (Lipinski definition) is 2. The van der Waals surface area contributed by atoms with E-state index in [0.29, 0.717) is 5.75 Å². The minimum absolute atomic E-state index is 0. The van der Waals surface area contributed by atoms with Crippen LogP contribution in [0.4, 0.5) is 4.79 Å². The van der Waals surface area contributed by atoms with Crippen molar-refractivity contribution in [1.82, 2.24) is 4.90 Å². The maximum atomic E-state index is 12.4. The highest BCUT2D eigenvalue weighted by Gasteiger charge is 2.35. The van der Waals surface area contributed by atoms with Gasteiger partial charge >= 0.3 is 6.09 Å². The van der Waals surface area contributed by atoms with Crippen LogP contribution in [0, 0.1) is 0 Å². The summed E-state index contributed by atoms with van der Waals surface area (Å²) in [6.45, 7) is 2.92. The van der Waals surface area contributed by atoms with Crippen molar-refractivity contribution in [2.75, 3.05) is 19.6 Å². The van der Waals surface area contributed by atoms with Crippen LogP contribution in [-0.2, 0) is 0 Å². The molecule has 0 unspecified atom stereocenters.